The predicted molar refractivity (Wildman–Crippen MR) is 81.8 cm³/mol. The number of morpholine rings is 1. The highest BCUT2D eigenvalue weighted by Crippen LogP contribution is 2.30. The first-order valence-electron chi connectivity index (χ1n) is 7.55. The molecule has 0 spiro atoms. The summed E-state index contributed by atoms with van der Waals surface area (Å²) < 4.78 is 34.2. The van der Waals surface area contributed by atoms with E-state index in [1.54, 1.807) is 13.1 Å². The number of nitrogens with zero attached hydrogens (tertiary/aromatic N) is 2. The number of aliphatic carboxylic acids is 1. The van der Waals surface area contributed by atoms with Gasteiger partial charge >= 0.3 is 11.9 Å². The summed E-state index contributed by atoms with van der Waals surface area (Å²) in [6, 6.07) is 6.96. The van der Waals surface area contributed by atoms with Gasteiger partial charge in [-0.05, 0) is 7.05 Å². The van der Waals surface area contributed by atoms with Crippen molar-refractivity contribution in [3.05, 3.63) is 35.9 Å². The Kier molecular flexibility index (Phi) is 5.84. The second-order valence-corrected chi connectivity index (χ2v) is 5.77. The van der Waals surface area contributed by atoms with Crippen LogP contribution in [0.2, 0.25) is 0 Å². The van der Waals surface area contributed by atoms with Gasteiger partial charge in [0.1, 0.15) is 0 Å². The van der Waals surface area contributed by atoms with Crippen molar-refractivity contribution in [3.63, 3.8) is 0 Å². The molecule has 1 aromatic carbocycles. The van der Waals surface area contributed by atoms with Gasteiger partial charge in [0.05, 0.1) is 19.3 Å². The minimum atomic E-state index is -3.60. The number of rotatable bonds is 6. The highest BCUT2D eigenvalue weighted by molar-refractivity contribution is 5.85. The zero-order valence-corrected chi connectivity index (χ0v) is 13.3. The van der Waals surface area contributed by atoms with Crippen LogP contribution in [-0.2, 0) is 20.2 Å². The number of amides is 1. The lowest BCUT2D eigenvalue weighted by Gasteiger charge is -2.36. The van der Waals surface area contributed by atoms with E-state index in [0.29, 0.717) is 0 Å². The number of carboxylic acids is 1. The van der Waals surface area contributed by atoms with Gasteiger partial charge in [-0.2, -0.15) is 8.78 Å². The molecule has 2 rings (SSSR count). The van der Waals surface area contributed by atoms with Crippen LogP contribution in [0.3, 0.4) is 0 Å². The Morgan fingerprint density at radius 3 is 2.67 bits per heavy atom. The molecule has 0 saturated carbocycles. The van der Waals surface area contributed by atoms with Crippen molar-refractivity contribution in [1.29, 1.82) is 0 Å². The second kappa shape index (κ2) is 7.67. The third kappa shape index (κ3) is 4.48. The number of carboxylic acid groups (broad SMARTS) is 1. The molecule has 1 heterocycles. The fourth-order valence-electron chi connectivity index (χ4n) is 2.63. The topological polar surface area (TPSA) is 70.1 Å². The summed E-state index contributed by atoms with van der Waals surface area (Å²) in [4.78, 5) is 25.5. The van der Waals surface area contributed by atoms with Gasteiger partial charge in [-0.3, -0.25) is 14.5 Å². The molecular weight excluding hydrogens is 322 g/mol. The molecule has 8 heteroatoms. The first-order chi connectivity index (χ1) is 11.3. The lowest BCUT2D eigenvalue weighted by molar-refractivity contribution is -0.166. The van der Waals surface area contributed by atoms with E-state index in [2.05, 4.69) is 0 Å². The zero-order chi connectivity index (χ0) is 17.7. The molecule has 0 radical (unpaired) electrons. The highest BCUT2D eigenvalue weighted by Gasteiger charge is 2.45. The summed E-state index contributed by atoms with van der Waals surface area (Å²) in [5.74, 6) is -5.85. The Balaban J connectivity index is 2.01. The second-order valence-electron chi connectivity index (χ2n) is 5.77. The van der Waals surface area contributed by atoms with E-state index < -0.39 is 23.9 Å². The Bertz CT molecular complexity index is 583. The molecule has 24 heavy (non-hydrogen) atoms. The lowest BCUT2D eigenvalue weighted by atomic mass is 10.1. The number of halogens is 2. The number of carbonyl (C=O) groups excluding carboxylic acids is 1. The van der Waals surface area contributed by atoms with Crippen molar-refractivity contribution in [2.45, 2.75) is 12.0 Å². The van der Waals surface area contributed by atoms with E-state index in [4.69, 9.17) is 9.84 Å². The molecule has 1 aliphatic heterocycles. The number of ether oxygens (including phenoxy) is 1. The van der Waals surface area contributed by atoms with Crippen LogP contribution in [0.4, 0.5) is 8.78 Å². The van der Waals surface area contributed by atoms with Crippen LogP contribution in [-0.4, -0.2) is 72.7 Å². The normalized spacial score (nSPS) is 18.7. The summed E-state index contributed by atoms with van der Waals surface area (Å²) in [5.41, 5.74) is -0.346. The molecular formula is C16H20F2N2O4. The van der Waals surface area contributed by atoms with E-state index in [-0.39, 0.29) is 38.3 Å². The van der Waals surface area contributed by atoms with Crippen LogP contribution < -0.4 is 0 Å². The number of hydrogen-bond acceptors (Lipinski definition) is 4. The number of likely N-dealkylation sites (N-methyl/N-ethyl adjacent to an activating group) is 1. The molecule has 6 nitrogen and oxygen atoms in total. The fraction of sp³-hybridized carbons (Fsp3) is 0.500. The van der Waals surface area contributed by atoms with Gasteiger partial charge < -0.3 is 14.7 Å². The van der Waals surface area contributed by atoms with Gasteiger partial charge in [0, 0.05) is 25.2 Å². The van der Waals surface area contributed by atoms with Crippen LogP contribution in [0.15, 0.2) is 30.3 Å². The maximum absolute atomic E-state index is 14.4. The first kappa shape index (κ1) is 18.3. The Morgan fingerprint density at radius 2 is 2.04 bits per heavy atom. The number of carbonyl (C=O) groups is 2. The van der Waals surface area contributed by atoms with Gasteiger partial charge in [0.2, 0.25) is 0 Å². The average molecular weight is 342 g/mol. The Morgan fingerprint density at radius 1 is 1.38 bits per heavy atom. The van der Waals surface area contributed by atoms with Crippen molar-refractivity contribution >= 4 is 11.9 Å². The van der Waals surface area contributed by atoms with Gasteiger partial charge in [0.25, 0.3) is 5.91 Å². The van der Waals surface area contributed by atoms with Crippen molar-refractivity contribution in [3.8, 4) is 0 Å². The Hall–Kier alpha value is -2.06. The molecule has 0 aliphatic carbocycles. The maximum Gasteiger partial charge on any atom is 0.349 e. The van der Waals surface area contributed by atoms with E-state index in [1.165, 1.54) is 29.2 Å². The van der Waals surface area contributed by atoms with Crippen molar-refractivity contribution in [2.75, 3.05) is 39.8 Å². The molecule has 1 aliphatic rings. The zero-order valence-electron chi connectivity index (χ0n) is 13.3. The van der Waals surface area contributed by atoms with E-state index in [9.17, 15) is 18.4 Å². The first-order valence-corrected chi connectivity index (χ1v) is 7.55. The monoisotopic (exact) mass is 342 g/mol. The third-order valence-corrected chi connectivity index (χ3v) is 3.75. The summed E-state index contributed by atoms with van der Waals surface area (Å²) in [5, 5.41) is 8.74. The fourth-order valence-corrected chi connectivity index (χ4v) is 2.63. The SMILES string of the molecule is CN(CC(=O)O)CC1CN(C(=O)C(F)(F)c2ccccc2)CCO1. The molecule has 0 bridgehead atoms. The lowest BCUT2D eigenvalue weighted by Crippen LogP contribution is -2.53. The quantitative estimate of drug-likeness (QED) is 0.836. The van der Waals surface area contributed by atoms with Gasteiger partial charge in [0.15, 0.2) is 0 Å². The summed E-state index contributed by atoms with van der Waals surface area (Å²) >= 11 is 0. The smallest absolute Gasteiger partial charge is 0.349 e. The van der Waals surface area contributed by atoms with Crippen molar-refractivity contribution in [1.82, 2.24) is 9.80 Å². The molecule has 1 saturated heterocycles. The molecule has 132 valence electrons. The minimum Gasteiger partial charge on any atom is -0.480 e. The van der Waals surface area contributed by atoms with Gasteiger partial charge in [-0.1, -0.05) is 30.3 Å². The molecule has 0 aromatic heterocycles. The number of benzene rings is 1. The van der Waals surface area contributed by atoms with Gasteiger partial charge in [-0.15, -0.1) is 0 Å². The van der Waals surface area contributed by atoms with Crippen LogP contribution in [0.1, 0.15) is 5.56 Å². The minimum absolute atomic E-state index is 0.00517. The van der Waals surface area contributed by atoms with Gasteiger partial charge in [-0.25, -0.2) is 0 Å². The average Bonchev–Trinajstić information content (AvgIpc) is 2.54. The van der Waals surface area contributed by atoms with Crippen LogP contribution in [0.25, 0.3) is 0 Å². The van der Waals surface area contributed by atoms with Crippen LogP contribution in [0.5, 0.6) is 0 Å². The predicted octanol–water partition coefficient (Wildman–Crippen LogP) is 1.02. The number of hydrogen-bond donors (Lipinski definition) is 1. The van der Waals surface area contributed by atoms with E-state index in [1.807, 2.05) is 0 Å². The summed E-state index contributed by atoms with van der Waals surface area (Å²) in [6.07, 6.45) is -0.501. The molecule has 1 N–H and O–H groups in total. The van der Waals surface area contributed by atoms with Crippen molar-refractivity contribution in [2.24, 2.45) is 0 Å². The molecule has 1 aromatic rings. The molecule has 1 atom stereocenters. The summed E-state index contributed by atoms with van der Waals surface area (Å²) in [7, 11) is 1.59. The van der Waals surface area contributed by atoms with Crippen LogP contribution in [0, 0.1) is 0 Å². The highest BCUT2D eigenvalue weighted by atomic mass is 19.3. The van der Waals surface area contributed by atoms with Crippen molar-refractivity contribution < 1.29 is 28.2 Å². The third-order valence-electron chi connectivity index (χ3n) is 3.75. The number of alkyl halides is 2. The largest absolute Gasteiger partial charge is 0.480 e. The maximum atomic E-state index is 14.4. The Labute approximate surface area is 138 Å². The summed E-state index contributed by atoms with van der Waals surface area (Å²) in [6.45, 7) is 0.286. The molecule has 1 fully saturated rings. The standard InChI is InChI=1S/C16H20F2N2O4/c1-19(11-14(21)22)9-13-10-20(7-8-24-13)15(23)16(17,18)12-5-3-2-4-6-12/h2-6,13H,7-11H2,1H3,(H,21,22). The molecule has 1 unspecified atom stereocenters. The van der Waals surface area contributed by atoms with E-state index >= 15 is 0 Å². The van der Waals surface area contributed by atoms with Crippen LogP contribution >= 0.6 is 0 Å². The molecule has 1 amide bonds. The van der Waals surface area contributed by atoms with E-state index in [0.717, 1.165) is 4.90 Å².